The summed E-state index contributed by atoms with van der Waals surface area (Å²) < 4.78 is 8.42. The minimum absolute atomic E-state index is 0.595. The van der Waals surface area contributed by atoms with Crippen molar-refractivity contribution in [3.8, 4) is 22.6 Å². The van der Waals surface area contributed by atoms with Gasteiger partial charge in [0.15, 0.2) is 0 Å². The van der Waals surface area contributed by atoms with E-state index < -0.39 is 0 Å². The van der Waals surface area contributed by atoms with Crippen molar-refractivity contribution in [3.63, 3.8) is 0 Å². The van der Waals surface area contributed by atoms with Crippen LogP contribution < -0.4 is 4.74 Å². The van der Waals surface area contributed by atoms with E-state index in [4.69, 9.17) is 4.74 Å². The molecule has 2 fully saturated rings. The van der Waals surface area contributed by atoms with Gasteiger partial charge in [-0.05, 0) is 81.5 Å². The van der Waals surface area contributed by atoms with E-state index in [1.807, 2.05) is 36.5 Å². The molecule has 2 aromatic carbocycles. The van der Waals surface area contributed by atoms with Gasteiger partial charge in [-0.15, -0.1) is 0 Å². The number of piperazine rings is 1. The predicted molar refractivity (Wildman–Crippen MR) is 146 cm³/mol. The highest BCUT2D eigenvalue weighted by atomic mass is 16.5. The normalized spacial score (nSPS) is 21.6. The summed E-state index contributed by atoms with van der Waals surface area (Å²) in [5.41, 5.74) is 6.14. The molecular formula is C31H36N4O. The number of para-hydroxylation sites is 1. The molecule has 1 saturated carbocycles. The van der Waals surface area contributed by atoms with E-state index in [-0.39, 0.29) is 0 Å². The molecule has 0 radical (unpaired) electrons. The Labute approximate surface area is 214 Å². The first-order valence-electron chi connectivity index (χ1n) is 13.4. The number of hydrogen-bond acceptors (Lipinski definition) is 4. The third-order valence-electron chi connectivity index (χ3n) is 8.13. The number of rotatable bonds is 5. The van der Waals surface area contributed by atoms with Crippen LogP contribution in [0.25, 0.3) is 16.6 Å². The lowest BCUT2D eigenvalue weighted by Crippen LogP contribution is -2.49. The van der Waals surface area contributed by atoms with Crippen LogP contribution in [0, 0.1) is 6.92 Å². The number of aromatic nitrogens is 2. The van der Waals surface area contributed by atoms with Crippen LogP contribution in [0.3, 0.4) is 0 Å². The number of benzene rings is 2. The average Bonchev–Trinajstić information content (AvgIpc) is 3.29. The van der Waals surface area contributed by atoms with Crippen LogP contribution in [0.15, 0.2) is 73.1 Å². The van der Waals surface area contributed by atoms with E-state index in [2.05, 4.69) is 69.7 Å². The minimum Gasteiger partial charge on any atom is -0.457 e. The largest absolute Gasteiger partial charge is 0.457 e. The Balaban J connectivity index is 1.23. The smallest absolute Gasteiger partial charge is 0.127 e. The molecule has 2 aliphatic rings. The summed E-state index contributed by atoms with van der Waals surface area (Å²) in [4.78, 5) is 9.84. The number of nitrogens with zero attached hydrogens (tertiary/aromatic N) is 4. The van der Waals surface area contributed by atoms with Gasteiger partial charge in [-0.3, -0.25) is 9.88 Å². The van der Waals surface area contributed by atoms with Gasteiger partial charge < -0.3 is 14.0 Å². The lowest BCUT2D eigenvalue weighted by Gasteiger charge is -2.41. The second-order valence-electron chi connectivity index (χ2n) is 10.6. The van der Waals surface area contributed by atoms with Crippen molar-refractivity contribution in [2.24, 2.45) is 0 Å². The highest BCUT2D eigenvalue weighted by Crippen LogP contribution is 2.39. The van der Waals surface area contributed by atoms with Gasteiger partial charge in [0.25, 0.3) is 0 Å². The molecule has 6 rings (SSSR count). The standard InChI is InChI=1S/C31H36N4O/c1-23-22-35-30(25-8-12-26(13-9-25)34-18-16-33(2)17-19-34)20-29(31(35)21-32-23)24-10-14-28(15-11-24)36-27-6-4-3-5-7-27/h3-7,10-11,14-15,20-22,25-26H,8-9,12-13,16-19H2,1-2H3. The number of likely N-dealkylation sites (N-methyl/N-ethyl adjacent to an activating group) is 1. The van der Waals surface area contributed by atoms with Gasteiger partial charge in [-0.2, -0.15) is 0 Å². The number of hydrogen-bond donors (Lipinski definition) is 0. The lowest BCUT2D eigenvalue weighted by molar-refractivity contribution is 0.0875. The van der Waals surface area contributed by atoms with E-state index in [1.165, 1.54) is 74.2 Å². The van der Waals surface area contributed by atoms with Crippen LogP contribution in [-0.4, -0.2) is 58.5 Å². The molecule has 2 aromatic heterocycles. The van der Waals surface area contributed by atoms with Gasteiger partial charge in [0.1, 0.15) is 11.5 Å². The van der Waals surface area contributed by atoms with Crippen molar-refractivity contribution in [2.45, 2.75) is 44.6 Å². The van der Waals surface area contributed by atoms with Crippen LogP contribution in [0.4, 0.5) is 0 Å². The number of aryl methyl sites for hydroxylation is 1. The summed E-state index contributed by atoms with van der Waals surface area (Å²) in [6.45, 7) is 6.93. The molecule has 0 amide bonds. The Kier molecular flexibility index (Phi) is 6.51. The molecule has 0 atom stereocenters. The van der Waals surface area contributed by atoms with Gasteiger partial charge in [-0.1, -0.05) is 30.3 Å². The van der Waals surface area contributed by atoms with Crippen LogP contribution in [0.2, 0.25) is 0 Å². The first-order valence-corrected chi connectivity index (χ1v) is 13.4. The molecular weight excluding hydrogens is 444 g/mol. The monoisotopic (exact) mass is 480 g/mol. The fourth-order valence-corrected chi connectivity index (χ4v) is 6.02. The van der Waals surface area contributed by atoms with Crippen LogP contribution in [-0.2, 0) is 0 Å². The Morgan fingerprint density at radius 1 is 0.833 bits per heavy atom. The van der Waals surface area contributed by atoms with Crippen molar-refractivity contribution in [1.29, 1.82) is 0 Å². The topological polar surface area (TPSA) is 33.0 Å². The van der Waals surface area contributed by atoms with E-state index in [1.54, 1.807) is 0 Å². The number of ether oxygens (including phenoxy) is 1. The zero-order valence-corrected chi connectivity index (χ0v) is 21.4. The van der Waals surface area contributed by atoms with E-state index in [9.17, 15) is 0 Å². The van der Waals surface area contributed by atoms with Gasteiger partial charge >= 0.3 is 0 Å². The molecule has 0 spiro atoms. The number of fused-ring (bicyclic) bond motifs is 1. The first-order chi connectivity index (χ1) is 17.6. The molecule has 186 valence electrons. The molecule has 0 unspecified atom stereocenters. The summed E-state index contributed by atoms with van der Waals surface area (Å²) in [5, 5.41) is 0. The molecule has 5 heteroatoms. The molecule has 3 heterocycles. The van der Waals surface area contributed by atoms with Crippen molar-refractivity contribution in [2.75, 3.05) is 33.2 Å². The predicted octanol–water partition coefficient (Wildman–Crippen LogP) is 6.38. The molecule has 0 N–H and O–H groups in total. The molecule has 1 saturated heterocycles. The average molecular weight is 481 g/mol. The van der Waals surface area contributed by atoms with Crippen molar-refractivity contribution in [1.82, 2.24) is 19.2 Å². The maximum Gasteiger partial charge on any atom is 0.127 e. The van der Waals surface area contributed by atoms with Crippen molar-refractivity contribution >= 4 is 5.52 Å². The second kappa shape index (κ2) is 10.1. The maximum atomic E-state index is 6.01. The molecule has 5 nitrogen and oxygen atoms in total. The van der Waals surface area contributed by atoms with E-state index in [0.29, 0.717) is 5.92 Å². The van der Waals surface area contributed by atoms with E-state index in [0.717, 1.165) is 23.2 Å². The van der Waals surface area contributed by atoms with E-state index >= 15 is 0 Å². The Hall–Kier alpha value is -3.15. The van der Waals surface area contributed by atoms with Gasteiger partial charge in [0, 0.05) is 49.7 Å². The third kappa shape index (κ3) is 4.78. The SMILES string of the molecule is Cc1cn2c(C3CCC(N4CCN(C)CC4)CC3)cc(-c3ccc(Oc4ccccc4)cc3)c2cn1. The summed E-state index contributed by atoms with van der Waals surface area (Å²) in [6.07, 6.45) is 9.37. The van der Waals surface area contributed by atoms with Gasteiger partial charge in [0.2, 0.25) is 0 Å². The van der Waals surface area contributed by atoms with Crippen LogP contribution in [0.5, 0.6) is 11.5 Å². The second-order valence-corrected chi connectivity index (χ2v) is 10.6. The summed E-state index contributed by atoms with van der Waals surface area (Å²) in [6, 6.07) is 21.6. The quantitative estimate of drug-likeness (QED) is 0.332. The zero-order chi connectivity index (χ0) is 24.5. The fraction of sp³-hybridized carbons (Fsp3) is 0.387. The summed E-state index contributed by atoms with van der Waals surface area (Å²) in [7, 11) is 2.24. The van der Waals surface area contributed by atoms with Gasteiger partial charge in [-0.25, -0.2) is 0 Å². The van der Waals surface area contributed by atoms with Crippen LogP contribution >= 0.6 is 0 Å². The molecule has 4 aromatic rings. The zero-order valence-electron chi connectivity index (χ0n) is 21.4. The Morgan fingerprint density at radius 2 is 1.53 bits per heavy atom. The molecule has 0 bridgehead atoms. The summed E-state index contributed by atoms with van der Waals surface area (Å²) in [5.74, 6) is 2.30. The minimum atomic E-state index is 0.595. The Bertz CT molecular complexity index is 1300. The highest BCUT2D eigenvalue weighted by Gasteiger charge is 2.30. The van der Waals surface area contributed by atoms with Gasteiger partial charge in [0.05, 0.1) is 17.4 Å². The Morgan fingerprint density at radius 3 is 2.25 bits per heavy atom. The van der Waals surface area contributed by atoms with Crippen molar-refractivity contribution in [3.05, 3.63) is 84.4 Å². The molecule has 1 aliphatic heterocycles. The summed E-state index contributed by atoms with van der Waals surface area (Å²) >= 11 is 0. The first kappa shape index (κ1) is 23.3. The molecule has 1 aliphatic carbocycles. The van der Waals surface area contributed by atoms with Crippen molar-refractivity contribution < 1.29 is 4.74 Å². The third-order valence-corrected chi connectivity index (χ3v) is 8.13. The molecule has 36 heavy (non-hydrogen) atoms. The lowest BCUT2D eigenvalue weighted by atomic mass is 9.83. The highest BCUT2D eigenvalue weighted by molar-refractivity contribution is 5.82. The maximum absolute atomic E-state index is 6.01. The fourth-order valence-electron chi connectivity index (χ4n) is 6.02. The van der Waals surface area contributed by atoms with Crippen LogP contribution in [0.1, 0.15) is 43.0 Å².